The van der Waals surface area contributed by atoms with E-state index in [9.17, 15) is 30.4 Å². The van der Waals surface area contributed by atoms with E-state index in [2.05, 4.69) is 0 Å². The number of rotatable bonds is 5. The summed E-state index contributed by atoms with van der Waals surface area (Å²) in [6, 6.07) is 3.54. The van der Waals surface area contributed by atoms with Crippen LogP contribution in [-0.2, 0) is 16.5 Å². The van der Waals surface area contributed by atoms with Gasteiger partial charge in [0, 0.05) is 6.42 Å². The van der Waals surface area contributed by atoms with Crippen LogP contribution in [0.3, 0.4) is 0 Å². The Bertz CT molecular complexity index is 608. The predicted octanol–water partition coefficient (Wildman–Crippen LogP) is 3.76. The van der Waals surface area contributed by atoms with Crippen LogP contribution in [0.25, 0.3) is 0 Å². The number of alkyl halides is 5. The molecule has 120 valence electrons. The first-order valence-electron chi connectivity index (χ1n) is 5.86. The largest absolute Gasteiger partial charge is 0.453 e. The van der Waals surface area contributed by atoms with Crippen LogP contribution >= 0.6 is 0 Å². The minimum absolute atomic E-state index is 0.152. The molecule has 1 N–H and O–H groups in total. The first-order valence-corrected chi connectivity index (χ1v) is 7.30. The van der Waals surface area contributed by atoms with E-state index in [0.717, 1.165) is 12.1 Å². The maximum absolute atomic E-state index is 12.7. The molecule has 0 aliphatic rings. The number of aryl methyl sites for hydroxylation is 2. The van der Waals surface area contributed by atoms with E-state index >= 15 is 0 Å². The molecule has 3 nitrogen and oxygen atoms in total. The van der Waals surface area contributed by atoms with E-state index in [-0.39, 0.29) is 6.42 Å². The average molecular weight is 332 g/mol. The van der Waals surface area contributed by atoms with E-state index in [1.807, 2.05) is 0 Å². The minimum atomic E-state index is -5.60. The van der Waals surface area contributed by atoms with Crippen molar-refractivity contribution in [3.8, 4) is 0 Å². The normalized spacial score (nSPS) is 13.5. The van der Waals surface area contributed by atoms with Gasteiger partial charge in [0.15, 0.2) is 0 Å². The summed E-state index contributed by atoms with van der Waals surface area (Å²) in [5.41, 5.74) is 0.834. The second kappa shape index (κ2) is 5.88. The van der Waals surface area contributed by atoms with E-state index in [1.165, 1.54) is 6.07 Å². The Morgan fingerprint density at radius 2 is 1.71 bits per heavy atom. The number of halogens is 5. The highest BCUT2D eigenvalue weighted by molar-refractivity contribution is 7.85. The van der Waals surface area contributed by atoms with Crippen LogP contribution < -0.4 is 0 Å². The minimum Gasteiger partial charge on any atom is -0.282 e. The number of hydrogen-bond donors (Lipinski definition) is 1. The lowest BCUT2D eigenvalue weighted by atomic mass is 10.0. The molecule has 0 amide bonds. The molecule has 0 spiro atoms. The van der Waals surface area contributed by atoms with E-state index in [4.69, 9.17) is 4.55 Å². The SMILES string of the molecule is Cc1ccc(S(=O)(=O)O)cc1CCCC(F)(F)C(F)(F)F. The monoisotopic (exact) mass is 332 g/mol. The van der Waals surface area contributed by atoms with Crippen molar-refractivity contribution in [3.05, 3.63) is 29.3 Å². The molecule has 0 aromatic heterocycles. The quantitative estimate of drug-likeness (QED) is 0.660. The van der Waals surface area contributed by atoms with Gasteiger partial charge in [-0.25, -0.2) is 0 Å². The van der Waals surface area contributed by atoms with E-state index in [1.54, 1.807) is 6.92 Å². The summed E-state index contributed by atoms with van der Waals surface area (Å²) in [7, 11) is -4.45. The van der Waals surface area contributed by atoms with Crippen molar-refractivity contribution >= 4 is 10.1 Å². The molecule has 0 aliphatic carbocycles. The Kier molecular flexibility index (Phi) is 4.99. The third kappa shape index (κ3) is 4.63. The fourth-order valence-electron chi connectivity index (χ4n) is 1.72. The lowest BCUT2D eigenvalue weighted by molar-refractivity contribution is -0.284. The molecule has 1 rings (SSSR count). The van der Waals surface area contributed by atoms with Gasteiger partial charge in [0.25, 0.3) is 10.1 Å². The van der Waals surface area contributed by atoms with Gasteiger partial charge in [-0.1, -0.05) is 6.07 Å². The fraction of sp³-hybridized carbons (Fsp3) is 0.500. The van der Waals surface area contributed by atoms with Crippen molar-refractivity contribution in [1.29, 1.82) is 0 Å². The Hall–Kier alpha value is -1.22. The Labute approximate surface area is 118 Å². The molecular formula is C12H13F5O3S. The summed E-state index contributed by atoms with van der Waals surface area (Å²) >= 11 is 0. The highest BCUT2D eigenvalue weighted by Gasteiger charge is 2.56. The van der Waals surface area contributed by atoms with Crippen molar-refractivity contribution < 1.29 is 34.9 Å². The van der Waals surface area contributed by atoms with Crippen molar-refractivity contribution in [2.75, 3.05) is 0 Å². The van der Waals surface area contributed by atoms with Gasteiger partial charge in [-0.2, -0.15) is 30.4 Å². The fourth-order valence-corrected chi connectivity index (χ4v) is 2.25. The predicted molar refractivity (Wildman–Crippen MR) is 64.9 cm³/mol. The highest BCUT2D eigenvalue weighted by Crippen LogP contribution is 2.39. The molecule has 0 atom stereocenters. The zero-order valence-corrected chi connectivity index (χ0v) is 11.7. The molecule has 0 radical (unpaired) electrons. The van der Waals surface area contributed by atoms with Crippen LogP contribution in [0.4, 0.5) is 22.0 Å². The Morgan fingerprint density at radius 1 is 1.14 bits per heavy atom. The van der Waals surface area contributed by atoms with Gasteiger partial charge in [0.05, 0.1) is 4.90 Å². The van der Waals surface area contributed by atoms with Crippen molar-refractivity contribution in [3.63, 3.8) is 0 Å². The number of benzene rings is 1. The summed E-state index contributed by atoms with van der Waals surface area (Å²) in [5.74, 6) is -4.78. The summed E-state index contributed by atoms with van der Waals surface area (Å²) < 4.78 is 92.2. The van der Waals surface area contributed by atoms with Crippen LogP contribution in [0.2, 0.25) is 0 Å². The van der Waals surface area contributed by atoms with Crippen molar-refractivity contribution in [1.82, 2.24) is 0 Å². The van der Waals surface area contributed by atoms with E-state index in [0.29, 0.717) is 11.1 Å². The van der Waals surface area contributed by atoms with Gasteiger partial charge in [-0.3, -0.25) is 4.55 Å². The molecule has 0 unspecified atom stereocenters. The molecule has 9 heteroatoms. The van der Waals surface area contributed by atoms with Gasteiger partial charge in [0.2, 0.25) is 0 Å². The third-order valence-electron chi connectivity index (χ3n) is 2.97. The Balaban J connectivity index is 2.81. The smallest absolute Gasteiger partial charge is 0.282 e. The van der Waals surface area contributed by atoms with Gasteiger partial charge in [-0.15, -0.1) is 0 Å². The van der Waals surface area contributed by atoms with Crippen LogP contribution in [-0.4, -0.2) is 25.1 Å². The topological polar surface area (TPSA) is 54.4 Å². The molecule has 1 aromatic rings. The lowest BCUT2D eigenvalue weighted by Crippen LogP contribution is -2.36. The Morgan fingerprint density at radius 3 is 2.19 bits per heavy atom. The zero-order valence-electron chi connectivity index (χ0n) is 10.9. The molecule has 0 saturated heterocycles. The maximum atomic E-state index is 12.7. The van der Waals surface area contributed by atoms with Gasteiger partial charge in [-0.05, 0) is 43.0 Å². The molecule has 0 saturated carbocycles. The molecule has 0 heterocycles. The first-order chi connectivity index (χ1) is 9.34. The summed E-state index contributed by atoms with van der Waals surface area (Å²) in [6.07, 6.45) is -7.60. The zero-order chi connectivity index (χ0) is 16.5. The number of hydrogen-bond acceptors (Lipinski definition) is 2. The molecule has 0 fully saturated rings. The molecular weight excluding hydrogens is 319 g/mol. The summed E-state index contributed by atoms with van der Waals surface area (Å²) in [4.78, 5) is -0.425. The second-order valence-electron chi connectivity index (χ2n) is 4.62. The molecule has 0 aliphatic heterocycles. The van der Waals surface area contributed by atoms with Crippen LogP contribution in [0, 0.1) is 6.92 Å². The van der Waals surface area contributed by atoms with Gasteiger partial charge in [0.1, 0.15) is 0 Å². The van der Waals surface area contributed by atoms with Gasteiger partial charge < -0.3 is 0 Å². The molecule has 1 aromatic carbocycles. The van der Waals surface area contributed by atoms with Gasteiger partial charge >= 0.3 is 12.1 Å². The van der Waals surface area contributed by atoms with Crippen LogP contribution in [0.5, 0.6) is 0 Å². The lowest BCUT2D eigenvalue weighted by Gasteiger charge is -2.19. The van der Waals surface area contributed by atoms with Crippen molar-refractivity contribution in [2.45, 2.75) is 43.2 Å². The van der Waals surface area contributed by atoms with Crippen molar-refractivity contribution in [2.24, 2.45) is 0 Å². The molecule has 21 heavy (non-hydrogen) atoms. The second-order valence-corrected chi connectivity index (χ2v) is 6.04. The standard InChI is InChI=1S/C12H13F5O3S/c1-8-4-5-10(21(18,19)20)7-9(8)3-2-6-11(13,14)12(15,16)17/h4-5,7H,2-3,6H2,1H3,(H,18,19,20). The third-order valence-corrected chi connectivity index (χ3v) is 3.82. The van der Waals surface area contributed by atoms with E-state index < -0.39 is 40.0 Å². The maximum Gasteiger partial charge on any atom is 0.453 e. The van der Waals surface area contributed by atoms with Crippen LogP contribution in [0.1, 0.15) is 24.0 Å². The molecule has 0 bridgehead atoms. The average Bonchev–Trinajstić information content (AvgIpc) is 2.28. The summed E-state index contributed by atoms with van der Waals surface area (Å²) in [5, 5.41) is 0. The first kappa shape index (κ1) is 17.8. The van der Waals surface area contributed by atoms with Crippen LogP contribution in [0.15, 0.2) is 23.1 Å². The highest BCUT2D eigenvalue weighted by atomic mass is 32.2. The summed E-state index contributed by atoms with van der Waals surface area (Å²) in [6.45, 7) is 1.56.